The van der Waals surface area contributed by atoms with Crippen LogP contribution >= 0.6 is 0 Å². The number of amides is 4. The van der Waals surface area contributed by atoms with Crippen LogP contribution in [0, 0.1) is 11.8 Å². The first-order valence-corrected chi connectivity index (χ1v) is 16.8. The van der Waals surface area contributed by atoms with Crippen LogP contribution in [0.15, 0.2) is 97.1 Å². The molecular weight excluding hydrogens is 600 g/mol. The second kappa shape index (κ2) is 17.6. The van der Waals surface area contributed by atoms with E-state index in [1.165, 1.54) is 0 Å². The van der Waals surface area contributed by atoms with Gasteiger partial charge >= 0.3 is 0 Å². The average Bonchev–Trinajstić information content (AvgIpc) is 3.10. The molecule has 4 rings (SSSR count). The van der Waals surface area contributed by atoms with E-state index in [0.717, 1.165) is 22.3 Å². The number of carbonyl (C=O) groups excluding carboxylic acids is 4. The van der Waals surface area contributed by atoms with E-state index >= 15 is 0 Å². The summed E-state index contributed by atoms with van der Waals surface area (Å²) >= 11 is 0. The second-order valence-electron chi connectivity index (χ2n) is 11.7. The van der Waals surface area contributed by atoms with Crippen molar-refractivity contribution in [2.24, 2.45) is 11.8 Å². The first-order valence-electron chi connectivity index (χ1n) is 16.8. The van der Waals surface area contributed by atoms with Crippen molar-refractivity contribution < 1.29 is 19.2 Å². The lowest BCUT2D eigenvalue weighted by Crippen LogP contribution is -2.41. The number of para-hydroxylation sites is 4. The van der Waals surface area contributed by atoms with E-state index in [2.05, 4.69) is 21.3 Å². The first-order chi connectivity index (χ1) is 23.3. The largest absolute Gasteiger partial charge is 0.326 e. The van der Waals surface area contributed by atoms with Gasteiger partial charge in [0.1, 0.15) is 0 Å². The Labute approximate surface area is 283 Å². The quantitative estimate of drug-likeness (QED) is 0.105. The van der Waals surface area contributed by atoms with Crippen molar-refractivity contribution in [3.63, 3.8) is 0 Å². The van der Waals surface area contributed by atoms with Crippen LogP contribution in [-0.4, -0.2) is 23.6 Å². The molecule has 4 aromatic rings. The van der Waals surface area contributed by atoms with E-state index < -0.39 is 35.5 Å². The van der Waals surface area contributed by atoms with Crippen LogP contribution in [0.1, 0.15) is 62.8 Å². The van der Waals surface area contributed by atoms with Crippen LogP contribution in [0.2, 0.25) is 0 Å². The summed E-state index contributed by atoms with van der Waals surface area (Å²) in [6.07, 6.45) is 2.12. The topological polar surface area (TPSA) is 116 Å². The highest BCUT2D eigenvalue weighted by Gasteiger charge is 2.38. The zero-order chi connectivity index (χ0) is 34.5. The minimum atomic E-state index is -1.18. The number of carbonyl (C=O) groups is 4. The third kappa shape index (κ3) is 9.41. The van der Waals surface area contributed by atoms with Crippen molar-refractivity contribution >= 4 is 46.4 Å². The van der Waals surface area contributed by atoms with E-state index in [1.807, 2.05) is 113 Å². The van der Waals surface area contributed by atoms with Gasteiger partial charge in [-0.15, -0.1) is 0 Å². The molecule has 0 saturated carbocycles. The van der Waals surface area contributed by atoms with Gasteiger partial charge in [-0.3, -0.25) is 19.2 Å². The van der Waals surface area contributed by atoms with Crippen LogP contribution < -0.4 is 21.3 Å². The fourth-order valence-electron chi connectivity index (χ4n) is 5.89. The van der Waals surface area contributed by atoms with Gasteiger partial charge in [0, 0.05) is 35.6 Å². The van der Waals surface area contributed by atoms with E-state index in [1.54, 1.807) is 12.1 Å². The van der Waals surface area contributed by atoms with Crippen molar-refractivity contribution in [3.8, 4) is 0 Å². The average molecular weight is 647 g/mol. The van der Waals surface area contributed by atoms with Crippen molar-refractivity contribution in [2.45, 2.75) is 66.2 Å². The summed E-state index contributed by atoms with van der Waals surface area (Å²) in [5.74, 6) is -4.23. The summed E-state index contributed by atoms with van der Waals surface area (Å²) in [7, 11) is 0. The Morgan fingerprint density at radius 3 is 0.938 bits per heavy atom. The lowest BCUT2D eigenvalue weighted by Gasteiger charge is -2.26. The van der Waals surface area contributed by atoms with E-state index in [-0.39, 0.29) is 12.8 Å². The fraction of sp³-hybridized carbons (Fsp3) is 0.300. The Morgan fingerprint density at radius 1 is 0.417 bits per heavy atom. The predicted molar refractivity (Wildman–Crippen MR) is 194 cm³/mol. The molecule has 48 heavy (non-hydrogen) atoms. The molecule has 0 aliphatic rings. The molecule has 4 aromatic carbocycles. The molecule has 0 bridgehead atoms. The minimum Gasteiger partial charge on any atom is -0.326 e. The molecule has 4 N–H and O–H groups in total. The maximum absolute atomic E-state index is 14.3. The minimum absolute atomic E-state index is 0.315. The third-order valence-electron chi connectivity index (χ3n) is 8.63. The normalized spacial score (nSPS) is 12.0. The van der Waals surface area contributed by atoms with Gasteiger partial charge < -0.3 is 21.3 Å². The number of hydrogen-bond donors (Lipinski definition) is 4. The summed E-state index contributed by atoms with van der Waals surface area (Å²) in [6, 6.07) is 29.8. The molecule has 0 saturated heterocycles. The summed E-state index contributed by atoms with van der Waals surface area (Å²) in [5, 5.41) is 11.9. The van der Waals surface area contributed by atoms with E-state index in [4.69, 9.17) is 0 Å². The molecular formula is C40H46N4O4. The first kappa shape index (κ1) is 35.6. The number of hydrogen-bond acceptors (Lipinski definition) is 4. The number of aryl methyl sites for hydroxylation is 4. The predicted octanol–water partition coefficient (Wildman–Crippen LogP) is 7.80. The van der Waals surface area contributed by atoms with Crippen molar-refractivity contribution in [1.29, 1.82) is 0 Å². The molecule has 2 atom stereocenters. The smallest absolute Gasteiger partial charge is 0.228 e. The molecule has 8 nitrogen and oxygen atoms in total. The van der Waals surface area contributed by atoms with Gasteiger partial charge in [0.05, 0.1) is 11.8 Å². The highest BCUT2D eigenvalue weighted by Crippen LogP contribution is 2.29. The zero-order valence-corrected chi connectivity index (χ0v) is 28.3. The van der Waals surface area contributed by atoms with Crippen LogP contribution in [0.4, 0.5) is 22.7 Å². The Bertz CT molecular complexity index is 1610. The number of rotatable bonds is 15. The molecule has 0 fully saturated rings. The monoisotopic (exact) mass is 646 g/mol. The lowest BCUT2D eigenvalue weighted by molar-refractivity contribution is -0.134. The van der Waals surface area contributed by atoms with Crippen molar-refractivity contribution in [3.05, 3.63) is 119 Å². The van der Waals surface area contributed by atoms with Gasteiger partial charge in [0.2, 0.25) is 23.6 Å². The fourth-order valence-corrected chi connectivity index (χ4v) is 5.89. The van der Waals surface area contributed by atoms with Gasteiger partial charge in [-0.2, -0.15) is 0 Å². The molecule has 2 unspecified atom stereocenters. The number of anilines is 4. The highest BCUT2D eigenvalue weighted by molar-refractivity contribution is 6.05. The van der Waals surface area contributed by atoms with Crippen LogP contribution in [-0.2, 0) is 44.9 Å². The molecule has 0 spiro atoms. The van der Waals surface area contributed by atoms with E-state index in [9.17, 15) is 19.2 Å². The second-order valence-corrected chi connectivity index (χ2v) is 11.7. The highest BCUT2D eigenvalue weighted by atomic mass is 16.2. The molecule has 0 aliphatic carbocycles. The van der Waals surface area contributed by atoms with Crippen molar-refractivity contribution in [2.75, 3.05) is 21.3 Å². The Balaban J connectivity index is 1.72. The van der Waals surface area contributed by atoms with Crippen LogP contribution in [0.25, 0.3) is 0 Å². The standard InChI is InChI=1S/C40H46N4O4/c1-5-27-17-9-13-21-33(27)41-37(45)25-31(39(47)43-35-23-15-11-19-29(35)7-3)32(40(48)44-36-24-16-12-20-30(36)8-4)26-38(46)42-34-22-14-10-18-28(34)6-2/h9-24,31-32H,5-8,25-26H2,1-4H3,(H,41,45)(H,42,46)(H,43,47)(H,44,48). The molecule has 0 heterocycles. The van der Waals surface area contributed by atoms with Gasteiger partial charge in [-0.1, -0.05) is 100 Å². The molecule has 250 valence electrons. The van der Waals surface area contributed by atoms with Gasteiger partial charge in [0.15, 0.2) is 0 Å². The Kier molecular flexibility index (Phi) is 13.1. The summed E-state index contributed by atoms with van der Waals surface area (Å²) in [5.41, 5.74) is 6.22. The number of nitrogens with one attached hydrogen (secondary N) is 4. The molecule has 0 aromatic heterocycles. The Morgan fingerprint density at radius 2 is 0.667 bits per heavy atom. The third-order valence-corrected chi connectivity index (χ3v) is 8.63. The SMILES string of the molecule is CCc1ccccc1NC(=O)CC(C(=O)Nc1ccccc1CC)C(CC(=O)Nc1ccccc1CC)C(=O)Nc1ccccc1CC. The molecule has 0 aliphatic heterocycles. The molecule has 0 radical (unpaired) electrons. The van der Waals surface area contributed by atoms with Gasteiger partial charge in [-0.05, 0) is 72.2 Å². The summed E-state index contributed by atoms with van der Waals surface area (Å²) < 4.78 is 0. The number of benzene rings is 4. The molecule has 8 heteroatoms. The maximum Gasteiger partial charge on any atom is 0.228 e. The van der Waals surface area contributed by atoms with Crippen molar-refractivity contribution in [1.82, 2.24) is 0 Å². The lowest BCUT2D eigenvalue weighted by atomic mass is 9.84. The van der Waals surface area contributed by atoms with Crippen LogP contribution in [0.5, 0.6) is 0 Å². The summed E-state index contributed by atoms with van der Waals surface area (Å²) in [4.78, 5) is 55.9. The maximum atomic E-state index is 14.3. The van der Waals surface area contributed by atoms with Gasteiger partial charge in [0.25, 0.3) is 0 Å². The zero-order valence-electron chi connectivity index (χ0n) is 28.3. The van der Waals surface area contributed by atoms with Crippen LogP contribution in [0.3, 0.4) is 0 Å². The van der Waals surface area contributed by atoms with Gasteiger partial charge in [-0.25, -0.2) is 0 Å². The Hall–Kier alpha value is -5.24. The summed E-state index contributed by atoms with van der Waals surface area (Å²) in [6.45, 7) is 7.97. The molecule has 4 amide bonds. The van der Waals surface area contributed by atoms with E-state index in [0.29, 0.717) is 48.4 Å².